The molecule has 3 heteroatoms. The summed E-state index contributed by atoms with van der Waals surface area (Å²) >= 11 is 0. The zero-order valence-electron chi connectivity index (χ0n) is 10.2. The third kappa shape index (κ3) is 3.93. The van der Waals surface area contributed by atoms with Crippen molar-refractivity contribution in [1.82, 2.24) is 10.2 Å². The first-order valence-corrected chi connectivity index (χ1v) is 5.84. The van der Waals surface area contributed by atoms with Crippen molar-refractivity contribution in [3.05, 3.63) is 12.7 Å². The quantitative estimate of drug-likeness (QED) is 0.548. The van der Waals surface area contributed by atoms with Crippen molar-refractivity contribution < 1.29 is 4.74 Å². The summed E-state index contributed by atoms with van der Waals surface area (Å²) in [5.74, 6) is 0. The molecule has 88 valence electrons. The minimum atomic E-state index is 0.364. The van der Waals surface area contributed by atoms with Gasteiger partial charge >= 0.3 is 0 Å². The van der Waals surface area contributed by atoms with E-state index in [1.54, 1.807) is 0 Å². The van der Waals surface area contributed by atoms with Gasteiger partial charge < -0.3 is 10.1 Å². The maximum absolute atomic E-state index is 5.62. The minimum absolute atomic E-state index is 0.364. The van der Waals surface area contributed by atoms with Gasteiger partial charge in [-0.1, -0.05) is 6.08 Å². The van der Waals surface area contributed by atoms with Gasteiger partial charge in [0.05, 0.1) is 12.7 Å². The first kappa shape index (κ1) is 12.7. The fourth-order valence-corrected chi connectivity index (χ4v) is 2.05. The van der Waals surface area contributed by atoms with Crippen molar-refractivity contribution in [2.75, 3.05) is 26.2 Å². The second-order valence-electron chi connectivity index (χ2n) is 4.49. The Balaban J connectivity index is 2.35. The molecule has 3 unspecified atom stereocenters. The summed E-state index contributed by atoms with van der Waals surface area (Å²) in [5.41, 5.74) is 0. The molecule has 1 N–H and O–H groups in total. The van der Waals surface area contributed by atoms with Crippen molar-refractivity contribution in [3.63, 3.8) is 0 Å². The van der Waals surface area contributed by atoms with Gasteiger partial charge in [0.25, 0.3) is 0 Å². The first-order valence-electron chi connectivity index (χ1n) is 5.84. The molecular weight excluding hydrogens is 188 g/mol. The number of morpholine rings is 1. The zero-order chi connectivity index (χ0) is 11.3. The van der Waals surface area contributed by atoms with Gasteiger partial charge in [-0.05, 0) is 20.8 Å². The molecule has 0 amide bonds. The molecule has 1 aliphatic rings. The topological polar surface area (TPSA) is 24.5 Å². The summed E-state index contributed by atoms with van der Waals surface area (Å²) in [7, 11) is 0. The molecule has 0 aliphatic carbocycles. The van der Waals surface area contributed by atoms with Gasteiger partial charge in [0, 0.05) is 31.7 Å². The van der Waals surface area contributed by atoms with Crippen LogP contribution in [0.25, 0.3) is 0 Å². The predicted octanol–water partition coefficient (Wildman–Crippen LogP) is 1.26. The summed E-state index contributed by atoms with van der Waals surface area (Å²) in [5, 5.41) is 3.37. The Morgan fingerprint density at radius 3 is 3.00 bits per heavy atom. The van der Waals surface area contributed by atoms with Gasteiger partial charge in [0.2, 0.25) is 0 Å². The van der Waals surface area contributed by atoms with E-state index in [2.05, 4.69) is 37.6 Å². The Labute approximate surface area is 93.5 Å². The molecule has 0 bridgehead atoms. The SMILES string of the molecule is C=CCNCC(C)N1CC(C)OCC1C. The molecule has 0 aromatic rings. The second kappa shape index (κ2) is 6.26. The normalized spacial score (nSPS) is 30.1. The number of rotatable bonds is 5. The standard InChI is InChI=1S/C12H24N2O/c1-5-6-13-7-10(2)14-8-12(4)15-9-11(14)3/h5,10-13H,1,6-9H2,2-4H3. The van der Waals surface area contributed by atoms with Crippen LogP contribution >= 0.6 is 0 Å². The van der Waals surface area contributed by atoms with Crippen LogP contribution in [-0.4, -0.2) is 49.3 Å². The van der Waals surface area contributed by atoms with Crippen LogP contribution in [0.2, 0.25) is 0 Å². The van der Waals surface area contributed by atoms with Crippen LogP contribution in [0.15, 0.2) is 12.7 Å². The number of hydrogen-bond acceptors (Lipinski definition) is 3. The average Bonchev–Trinajstić information content (AvgIpc) is 2.22. The molecule has 1 rings (SSSR count). The molecule has 3 atom stereocenters. The summed E-state index contributed by atoms with van der Waals surface area (Å²) in [6, 6.07) is 1.09. The van der Waals surface area contributed by atoms with E-state index in [0.717, 1.165) is 26.2 Å². The Bertz CT molecular complexity index is 196. The molecule has 15 heavy (non-hydrogen) atoms. The molecule has 1 fully saturated rings. The lowest BCUT2D eigenvalue weighted by Crippen LogP contribution is -2.53. The van der Waals surface area contributed by atoms with Crippen molar-refractivity contribution in [2.45, 2.75) is 39.0 Å². The van der Waals surface area contributed by atoms with Crippen molar-refractivity contribution in [2.24, 2.45) is 0 Å². The molecule has 1 saturated heterocycles. The number of nitrogens with zero attached hydrogens (tertiary/aromatic N) is 1. The van der Waals surface area contributed by atoms with E-state index in [4.69, 9.17) is 4.74 Å². The number of nitrogens with one attached hydrogen (secondary N) is 1. The third-order valence-electron chi connectivity index (χ3n) is 2.95. The molecule has 0 radical (unpaired) electrons. The highest BCUT2D eigenvalue weighted by Crippen LogP contribution is 2.14. The highest BCUT2D eigenvalue weighted by molar-refractivity contribution is 4.81. The zero-order valence-corrected chi connectivity index (χ0v) is 10.2. The number of ether oxygens (including phenoxy) is 1. The van der Waals surface area contributed by atoms with Gasteiger partial charge in [-0.3, -0.25) is 4.90 Å². The van der Waals surface area contributed by atoms with E-state index >= 15 is 0 Å². The van der Waals surface area contributed by atoms with Gasteiger partial charge in [-0.25, -0.2) is 0 Å². The Hall–Kier alpha value is -0.380. The predicted molar refractivity (Wildman–Crippen MR) is 64.1 cm³/mol. The van der Waals surface area contributed by atoms with Crippen LogP contribution in [0.3, 0.4) is 0 Å². The maximum atomic E-state index is 5.62. The molecule has 0 saturated carbocycles. The van der Waals surface area contributed by atoms with E-state index in [0.29, 0.717) is 18.2 Å². The lowest BCUT2D eigenvalue weighted by Gasteiger charge is -2.40. The third-order valence-corrected chi connectivity index (χ3v) is 2.95. The van der Waals surface area contributed by atoms with Crippen LogP contribution in [0.1, 0.15) is 20.8 Å². The second-order valence-corrected chi connectivity index (χ2v) is 4.49. The summed E-state index contributed by atoms with van der Waals surface area (Å²) in [4.78, 5) is 2.52. The summed E-state index contributed by atoms with van der Waals surface area (Å²) in [6.45, 7) is 14.1. The van der Waals surface area contributed by atoms with E-state index in [1.807, 2.05) is 6.08 Å². The molecule has 1 heterocycles. The Morgan fingerprint density at radius 2 is 2.33 bits per heavy atom. The van der Waals surface area contributed by atoms with E-state index in [9.17, 15) is 0 Å². The van der Waals surface area contributed by atoms with Crippen LogP contribution in [0.5, 0.6) is 0 Å². The first-order chi connectivity index (χ1) is 7.15. The summed E-state index contributed by atoms with van der Waals surface area (Å²) in [6.07, 6.45) is 2.26. The molecule has 0 aromatic carbocycles. The van der Waals surface area contributed by atoms with Crippen LogP contribution in [0.4, 0.5) is 0 Å². The molecule has 3 nitrogen and oxygen atoms in total. The highest BCUT2D eigenvalue weighted by Gasteiger charge is 2.26. The fourth-order valence-electron chi connectivity index (χ4n) is 2.05. The lowest BCUT2D eigenvalue weighted by molar-refractivity contribution is -0.0628. The maximum Gasteiger partial charge on any atom is 0.0674 e. The Kier molecular flexibility index (Phi) is 5.29. The van der Waals surface area contributed by atoms with Crippen molar-refractivity contribution >= 4 is 0 Å². The van der Waals surface area contributed by atoms with Crippen molar-refractivity contribution in [1.29, 1.82) is 0 Å². The fraction of sp³-hybridized carbons (Fsp3) is 0.833. The monoisotopic (exact) mass is 212 g/mol. The molecule has 0 aromatic heterocycles. The number of hydrogen-bond donors (Lipinski definition) is 1. The minimum Gasteiger partial charge on any atom is -0.376 e. The van der Waals surface area contributed by atoms with Gasteiger partial charge in [0.15, 0.2) is 0 Å². The van der Waals surface area contributed by atoms with E-state index in [-0.39, 0.29) is 0 Å². The van der Waals surface area contributed by atoms with E-state index < -0.39 is 0 Å². The average molecular weight is 212 g/mol. The highest BCUT2D eigenvalue weighted by atomic mass is 16.5. The van der Waals surface area contributed by atoms with Gasteiger partial charge in [-0.15, -0.1) is 6.58 Å². The largest absolute Gasteiger partial charge is 0.376 e. The molecule has 1 aliphatic heterocycles. The smallest absolute Gasteiger partial charge is 0.0674 e. The van der Waals surface area contributed by atoms with Gasteiger partial charge in [0.1, 0.15) is 0 Å². The van der Waals surface area contributed by atoms with E-state index in [1.165, 1.54) is 0 Å². The van der Waals surface area contributed by atoms with Crippen LogP contribution < -0.4 is 5.32 Å². The lowest BCUT2D eigenvalue weighted by atomic mass is 10.1. The van der Waals surface area contributed by atoms with Crippen LogP contribution in [-0.2, 0) is 4.74 Å². The Morgan fingerprint density at radius 1 is 1.60 bits per heavy atom. The van der Waals surface area contributed by atoms with Crippen LogP contribution in [0, 0.1) is 0 Å². The van der Waals surface area contributed by atoms with Crippen molar-refractivity contribution in [3.8, 4) is 0 Å². The summed E-state index contributed by atoms with van der Waals surface area (Å²) < 4.78 is 5.62. The van der Waals surface area contributed by atoms with Gasteiger partial charge in [-0.2, -0.15) is 0 Å². The molecule has 0 spiro atoms. The molecular formula is C12H24N2O.